The molecule has 0 N–H and O–H groups in total. The van der Waals surface area contributed by atoms with Gasteiger partial charge in [-0.1, -0.05) is 37.3 Å². The summed E-state index contributed by atoms with van der Waals surface area (Å²) >= 11 is 0. The number of hydrogen-bond donors (Lipinski definition) is 0. The van der Waals surface area contributed by atoms with E-state index in [0.717, 1.165) is 25.9 Å². The van der Waals surface area contributed by atoms with Crippen LogP contribution in [0.25, 0.3) is 0 Å². The van der Waals surface area contributed by atoms with Crippen LogP contribution in [0.15, 0.2) is 30.3 Å². The van der Waals surface area contributed by atoms with Gasteiger partial charge in [0.15, 0.2) is 0 Å². The maximum absolute atomic E-state index is 10.8. The van der Waals surface area contributed by atoms with E-state index in [1.807, 2.05) is 25.1 Å². The second kappa shape index (κ2) is 9.37. The van der Waals surface area contributed by atoms with Crippen molar-refractivity contribution >= 4 is 19.7 Å². The Bertz CT molecular complexity index is 459. The molecule has 0 fully saturated rings. The van der Waals surface area contributed by atoms with Gasteiger partial charge in [0.1, 0.15) is 0 Å². The highest BCUT2D eigenvalue weighted by molar-refractivity contribution is 8.13. The van der Waals surface area contributed by atoms with Crippen LogP contribution in [0.3, 0.4) is 0 Å². The quantitative estimate of drug-likeness (QED) is 0.489. The van der Waals surface area contributed by atoms with Crippen LogP contribution < -0.4 is 0 Å². The van der Waals surface area contributed by atoms with Gasteiger partial charge >= 0.3 is 0 Å². The monoisotopic (exact) mass is 318 g/mol. The van der Waals surface area contributed by atoms with E-state index in [-0.39, 0.29) is 5.75 Å². The lowest BCUT2D eigenvalue weighted by Crippen LogP contribution is -2.08. The Morgan fingerprint density at radius 1 is 1.15 bits per heavy atom. The third-order valence-electron chi connectivity index (χ3n) is 3.21. The molecular weight excluding hydrogens is 296 g/mol. The minimum Gasteiger partial charge on any atom is -0.381 e. The minimum absolute atomic E-state index is 0.0454. The number of benzene rings is 1. The van der Waals surface area contributed by atoms with E-state index < -0.39 is 9.05 Å². The first kappa shape index (κ1) is 17.5. The molecule has 114 valence electrons. The van der Waals surface area contributed by atoms with Crippen molar-refractivity contribution in [3.8, 4) is 0 Å². The predicted molar refractivity (Wildman–Crippen MR) is 83.6 cm³/mol. The summed E-state index contributed by atoms with van der Waals surface area (Å²) in [6.45, 7) is 3.45. The Hall–Kier alpha value is -0.580. The summed E-state index contributed by atoms with van der Waals surface area (Å²) in [5.74, 6) is 0.363. The van der Waals surface area contributed by atoms with Crippen molar-refractivity contribution in [2.75, 3.05) is 19.0 Å². The van der Waals surface area contributed by atoms with Crippen molar-refractivity contribution in [3.05, 3.63) is 35.9 Å². The second-order valence-electron chi connectivity index (χ2n) is 5.13. The van der Waals surface area contributed by atoms with Crippen LogP contribution in [0.2, 0.25) is 0 Å². The molecule has 0 aliphatic heterocycles. The lowest BCUT2D eigenvalue weighted by Gasteiger charge is -2.10. The van der Waals surface area contributed by atoms with Gasteiger partial charge in [-0.3, -0.25) is 0 Å². The van der Waals surface area contributed by atoms with Crippen LogP contribution in [0, 0.1) is 5.92 Å². The summed E-state index contributed by atoms with van der Waals surface area (Å²) < 4.78 is 27.2. The lowest BCUT2D eigenvalue weighted by atomic mass is 10.1. The van der Waals surface area contributed by atoms with Gasteiger partial charge in [0.25, 0.3) is 0 Å². The van der Waals surface area contributed by atoms with Crippen molar-refractivity contribution in [1.82, 2.24) is 0 Å². The fraction of sp³-hybridized carbons (Fsp3) is 0.600. The zero-order chi connectivity index (χ0) is 14.8. The molecule has 0 heterocycles. The molecule has 3 nitrogen and oxygen atoms in total. The zero-order valence-corrected chi connectivity index (χ0v) is 13.5. The van der Waals surface area contributed by atoms with Crippen molar-refractivity contribution < 1.29 is 13.2 Å². The van der Waals surface area contributed by atoms with E-state index in [0.29, 0.717) is 18.9 Å². The van der Waals surface area contributed by atoms with Gasteiger partial charge in [-0.05, 0) is 37.2 Å². The van der Waals surface area contributed by atoms with Crippen LogP contribution in [0.5, 0.6) is 0 Å². The van der Waals surface area contributed by atoms with Crippen molar-refractivity contribution in [1.29, 1.82) is 0 Å². The molecule has 1 aromatic carbocycles. The molecule has 20 heavy (non-hydrogen) atoms. The van der Waals surface area contributed by atoms with Crippen LogP contribution >= 0.6 is 10.7 Å². The lowest BCUT2D eigenvalue weighted by molar-refractivity contribution is 0.119. The molecule has 0 amide bonds. The normalized spacial score (nSPS) is 13.3. The Morgan fingerprint density at radius 2 is 1.85 bits per heavy atom. The van der Waals surface area contributed by atoms with Crippen LogP contribution in [0.1, 0.15) is 31.7 Å². The summed E-state index contributed by atoms with van der Waals surface area (Å²) in [7, 11) is 1.82. The molecule has 1 aromatic rings. The number of aryl methyl sites for hydroxylation is 1. The second-order valence-corrected chi connectivity index (χ2v) is 8.02. The highest BCUT2D eigenvalue weighted by atomic mass is 35.7. The third kappa shape index (κ3) is 9.34. The van der Waals surface area contributed by atoms with Gasteiger partial charge in [-0.15, -0.1) is 0 Å². The maximum Gasteiger partial charge on any atom is 0.232 e. The highest BCUT2D eigenvalue weighted by Crippen LogP contribution is 2.11. The van der Waals surface area contributed by atoms with Crippen molar-refractivity contribution in [2.24, 2.45) is 5.92 Å². The summed E-state index contributed by atoms with van der Waals surface area (Å²) in [6.07, 6.45) is 3.51. The topological polar surface area (TPSA) is 43.4 Å². The van der Waals surface area contributed by atoms with E-state index in [9.17, 15) is 8.42 Å². The summed E-state index contributed by atoms with van der Waals surface area (Å²) in [5, 5.41) is 0. The predicted octanol–water partition coefficient (Wildman–Crippen LogP) is 3.62. The first-order chi connectivity index (χ1) is 9.47. The molecule has 0 bridgehead atoms. The molecule has 1 unspecified atom stereocenters. The molecule has 0 saturated carbocycles. The molecule has 1 atom stereocenters. The van der Waals surface area contributed by atoms with E-state index in [2.05, 4.69) is 12.1 Å². The molecular formula is C15H23ClO3S. The van der Waals surface area contributed by atoms with E-state index in [4.69, 9.17) is 15.4 Å². The molecule has 0 spiro atoms. The van der Waals surface area contributed by atoms with Crippen LogP contribution in [-0.4, -0.2) is 27.4 Å². The zero-order valence-electron chi connectivity index (χ0n) is 11.9. The van der Waals surface area contributed by atoms with Gasteiger partial charge in [0.05, 0.1) is 5.75 Å². The average Bonchev–Trinajstić information content (AvgIpc) is 2.41. The number of halogens is 1. The Morgan fingerprint density at radius 3 is 2.50 bits per heavy atom. The van der Waals surface area contributed by atoms with Crippen LogP contribution in [0.4, 0.5) is 0 Å². The van der Waals surface area contributed by atoms with E-state index >= 15 is 0 Å². The van der Waals surface area contributed by atoms with Gasteiger partial charge in [-0.25, -0.2) is 8.42 Å². The third-order valence-corrected chi connectivity index (χ3v) is 4.39. The Balaban J connectivity index is 1.99. The fourth-order valence-electron chi connectivity index (χ4n) is 1.90. The summed E-state index contributed by atoms with van der Waals surface area (Å²) in [4.78, 5) is 0. The molecule has 0 aliphatic rings. The Kier molecular flexibility index (Phi) is 8.19. The SMILES string of the molecule is CC(CCOCCCc1ccccc1)CCS(=O)(=O)Cl. The molecule has 1 rings (SSSR count). The summed E-state index contributed by atoms with van der Waals surface area (Å²) in [5.41, 5.74) is 1.33. The largest absolute Gasteiger partial charge is 0.381 e. The van der Waals surface area contributed by atoms with Crippen molar-refractivity contribution in [2.45, 2.75) is 32.6 Å². The standard InChI is InChI=1S/C15H23ClO3S/c1-14(10-13-20(16,17)18)9-12-19-11-5-8-15-6-3-2-4-7-15/h2-4,6-7,14H,5,8-13H2,1H3. The average molecular weight is 319 g/mol. The van der Waals surface area contributed by atoms with Crippen LogP contribution in [-0.2, 0) is 20.2 Å². The Labute approximate surface area is 126 Å². The fourth-order valence-corrected chi connectivity index (χ4v) is 2.85. The van der Waals surface area contributed by atoms with Crippen molar-refractivity contribution in [3.63, 3.8) is 0 Å². The molecule has 0 aromatic heterocycles. The van der Waals surface area contributed by atoms with Gasteiger partial charge in [0, 0.05) is 23.9 Å². The minimum atomic E-state index is -3.36. The van der Waals surface area contributed by atoms with Gasteiger partial charge in [-0.2, -0.15) is 0 Å². The number of hydrogen-bond acceptors (Lipinski definition) is 3. The van der Waals surface area contributed by atoms with Gasteiger partial charge < -0.3 is 4.74 Å². The number of rotatable bonds is 10. The van der Waals surface area contributed by atoms with E-state index in [1.54, 1.807) is 0 Å². The van der Waals surface area contributed by atoms with Gasteiger partial charge in [0.2, 0.25) is 9.05 Å². The maximum atomic E-state index is 10.8. The molecule has 0 aliphatic carbocycles. The smallest absolute Gasteiger partial charge is 0.232 e. The molecule has 5 heteroatoms. The molecule has 0 saturated heterocycles. The summed E-state index contributed by atoms with van der Waals surface area (Å²) in [6, 6.07) is 10.3. The first-order valence-corrected chi connectivity index (χ1v) is 9.49. The first-order valence-electron chi connectivity index (χ1n) is 7.01. The number of ether oxygens (including phenoxy) is 1. The van der Waals surface area contributed by atoms with E-state index in [1.165, 1.54) is 5.56 Å². The highest BCUT2D eigenvalue weighted by Gasteiger charge is 2.09. The molecule has 0 radical (unpaired) electrons.